The lowest BCUT2D eigenvalue weighted by molar-refractivity contribution is -0.155. The predicted molar refractivity (Wildman–Crippen MR) is 140 cm³/mol. The number of hydrogen-bond acceptors (Lipinski definition) is 6. The van der Waals surface area contributed by atoms with Crippen molar-refractivity contribution in [3.63, 3.8) is 0 Å². The van der Waals surface area contributed by atoms with Crippen LogP contribution in [0.15, 0.2) is 0 Å². The average Bonchev–Trinajstić information content (AvgIpc) is 3.11. The zero-order valence-electron chi connectivity index (χ0n) is 22.9. The maximum Gasteiger partial charge on any atom is 0.0751 e. The second-order valence-corrected chi connectivity index (χ2v) is 14.2. The van der Waals surface area contributed by atoms with Gasteiger partial charge in [-0.2, -0.15) is 0 Å². The smallest absolute Gasteiger partial charge is 0.0751 e. The van der Waals surface area contributed by atoms with Crippen molar-refractivity contribution >= 4 is 0 Å². The molecule has 6 fully saturated rings. The van der Waals surface area contributed by atoms with Gasteiger partial charge in [0.15, 0.2) is 0 Å². The number of hydrogen-bond donors (Lipinski definition) is 2. The Labute approximate surface area is 214 Å². The molecule has 200 valence electrons. The summed E-state index contributed by atoms with van der Waals surface area (Å²) in [7, 11) is 4.45. The number of nitrogens with zero attached hydrogens (tertiary/aromatic N) is 4. The van der Waals surface area contributed by atoms with Gasteiger partial charge in [-0.1, -0.05) is 13.8 Å². The fraction of sp³-hybridized carbons (Fsp3) is 1.00. The largest absolute Gasteiger partial charge is 0.391 e. The summed E-state index contributed by atoms with van der Waals surface area (Å²) in [6.45, 7) is 14.0. The van der Waals surface area contributed by atoms with Crippen molar-refractivity contribution < 1.29 is 10.2 Å². The first-order valence-electron chi connectivity index (χ1n) is 14.9. The molecule has 2 N–H and O–H groups in total. The van der Waals surface area contributed by atoms with Crippen LogP contribution in [0.2, 0.25) is 0 Å². The Balaban J connectivity index is 1.21. The van der Waals surface area contributed by atoms with E-state index in [-0.39, 0.29) is 17.6 Å². The third kappa shape index (κ3) is 4.04. The van der Waals surface area contributed by atoms with E-state index < -0.39 is 0 Å². The fourth-order valence-electron chi connectivity index (χ4n) is 10.3. The molecular weight excluding hydrogens is 436 g/mol. The summed E-state index contributed by atoms with van der Waals surface area (Å²) >= 11 is 0. The van der Waals surface area contributed by atoms with Crippen LogP contribution in [0.5, 0.6) is 0 Å². The van der Waals surface area contributed by atoms with E-state index in [1.807, 2.05) is 0 Å². The maximum atomic E-state index is 11.7. The highest BCUT2D eigenvalue weighted by Gasteiger charge is 2.63. The van der Waals surface area contributed by atoms with Gasteiger partial charge in [0.1, 0.15) is 0 Å². The van der Waals surface area contributed by atoms with Gasteiger partial charge in [-0.3, -0.25) is 9.80 Å². The van der Waals surface area contributed by atoms with Gasteiger partial charge in [0.2, 0.25) is 0 Å². The Morgan fingerprint density at radius 3 is 1.89 bits per heavy atom. The number of piperazine rings is 2. The monoisotopic (exact) mass is 488 g/mol. The number of rotatable bonds is 2. The molecule has 6 nitrogen and oxygen atoms in total. The van der Waals surface area contributed by atoms with Gasteiger partial charge < -0.3 is 20.0 Å². The topological polar surface area (TPSA) is 53.4 Å². The van der Waals surface area contributed by atoms with Crippen LogP contribution in [0.1, 0.15) is 58.8 Å². The summed E-state index contributed by atoms with van der Waals surface area (Å²) in [6, 6.07) is 0.693. The molecule has 2 aliphatic heterocycles. The second kappa shape index (κ2) is 9.20. The SMILES string of the molecule is CN1CCN([C@H]2C[C@@]3(C)[C@@H](CC[C@H]4[C@H]3CC[C@]3(C)[C@H](O)[C@@H](N5CCN(C)CC5)C[C@H]43)C[C@H]2O)CC1. The van der Waals surface area contributed by atoms with Crippen LogP contribution in [-0.2, 0) is 0 Å². The first-order valence-corrected chi connectivity index (χ1v) is 14.9. The van der Waals surface area contributed by atoms with E-state index in [0.29, 0.717) is 29.3 Å². The molecule has 4 aliphatic carbocycles. The molecule has 0 unspecified atom stereocenters. The van der Waals surface area contributed by atoms with Crippen molar-refractivity contribution in [2.45, 2.75) is 83.1 Å². The third-order valence-corrected chi connectivity index (χ3v) is 12.7. The molecule has 10 atom stereocenters. The predicted octanol–water partition coefficient (Wildman–Crippen LogP) is 2.20. The number of fused-ring (bicyclic) bond motifs is 5. The van der Waals surface area contributed by atoms with Crippen molar-refractivity contribution in [3.8, 4) is 0 Å². The Kier molecular flexibility index (Phi) is 6.59. The van der Waals surface area contributed by atoms with E-state index >= 15 is 0 Å². The third-order valence-electron chi connectivity index (χ3n) is 12.7. The Bertz CT molecular complexity index is 766. The zero-order valence-corrected chi connectivity index (χ0v) is 22.9. The van der Waals surface area contributed by atoms with Crippen molar-refractivity contribution in [1.82, 2.24) is 19.6 Å². The standard InChI is InChI=1S/C29H52N4O2/c1-28-8-7-22-21(23(28)18-24(27(28)35)32-13-9-30(3)10-14-32)6-5-20-17-26(34)25(19-29(20,22)2)33-15-11-31(4)12-16-33/h20-27,34-35H,5-19H2,1-4H3/t20-,21-,22+,23+,24-,25-,26+,27+,28-,29-/m0/s1. The first-order chi connectivity index (χ1) is 16.7. The van der Waals surface area contributed by atoms with Gasteiger partial charge in [-0.15, -0.1) is 0 Å². The van der Waals surface area contributed by atoms with Crippen LogP contribution in [-0.4, -0.2) is 121 Å². The van der Waals surface area contributed by atoms with E-state index in [1.165, 1.54) is 38.5 Å². The summed E-state index contributed by atoms with van der Waals surface area (Å²) in [4.78, 5) is 10.1. The molecule has 6 aliphatic rings. The lowest BCUT2D eigenvalue weighted by Crippen LogP contribution is -2.61. The highest BCUT2D eigenvalue weighted by Crippen LogP contribution is 2.66. The molecule has 0 bridgehead atoms. The average molecular weight is 489 g/mol. The molecular formula is C29H52N4O2. The minimum absolute atomic E-state index is 0.0867. The fourth-order valence-corrected chi connectivity index (χ4v) is 10.3. The molecule has 2 saturated heterocycles. The minimum atomic E-state index is -0.173. The van der Waals surface area contributed by atoms with Gasteiger partial charge in [-0.25, -0.2) is 0 Å². The van der Waals surface area contributed by atoms with Crippen molar-refractivity contribution in [1.29, 1.82) is 0 Å². The van der Waals surface area contributed by atoms with Gasteiger partial charge in [-0.05, 0) is 93.5 Å². The van der Waals surface area contributed by atoms with E-state index in [4.69, 9.17) is 0 Å². The number of likely N-dealkylation sites (N-methyl/N-ethyl adjacent to an activating group) is 2. The summed E-state index contributed by atoms with van der Waals surface area (Å²) in [5.74, 6) is 2.85. The van der Waals surface area contributed by atoms with E-state index in [1.54, 1.807) is 0 Å². The van der Waals surface area contributed by atoms with Gasteiger partial charge in [0, 0.05) is 64.4 Å². The maximum absolute atomic E-state index is 11.7. The lowest BCUT2D eigenvalue weighted by atomic mass is 9.44. The number of aliphatic hydroxyl groups excluding tert-OH is 2. The van der Waals surface area contributed by atoms with Crippen LogP contribution in [0.3, 0.4) is 0 Å². The number of aliphatic hydroxyl groups is 2. The molecule has 4 saturated carbocycles. The van der Waals surface area contributed by atoms with Gasteiger partial charge in [0.25, 0.3) is 0 Å². The molecule has 0 spiro atoms. The van der Waals surface area contributed by atoms with Crippen LogP contribution in [0, 0.1) is 34.5 Å². The minimum Gasteiger partial charge on any atom is -0.391 e. The van der Waals surface area contributed by atoms with E-state index in [9.17, 15) is 10.2 Å². The summed E-state index contributed by atoms with van der Waals surface area (Å²) in [5.41, 5.74) is 0.428. The molecule has 0 amide bonds. The normalized spacial score (nSPS) is 52.6. The summed E-state index contributed by atoms with van der Waals surface area (Å²) < 4.78 is 0. The van der Waals surface area contributed by atoms with Crippen molar-refractivity contribution in [3.05, 3.63) is 0 Å². The second-order valence-electron chi connectivity index (χ2n) is 14.2. The zero-order chi connectivity index (χ0) is 24.5. The highest BCUT2D eigenvalue weighted by atomic mass is 16.3. The van der Waals surface area contributed by atoms with Crippen molar-refractivity contribution in [2.75, 3.05) is 66.5 Å². The molecule has 2 heterocycles. The Morgan fingerprint density at radius 1 is 0.657 bits per heavy atom. The Morgan fingerprint density at radius 2 is 1.26 bits per heavy atom. The van der Waals surface area contributed by atoms with E-state index in [2.05, 4.69) is 47.5 Å². The summed E-state index contributed by atoms with van der Waals surface area (Å²) in [6.07, 6.45) is 8.13. The molecule has 0 aromatic heterocycles. The highest BCUT2D eigenvalue weighted by molar-refractivity contribution is 5.14. The summed E-state index contributed by atoms with van der Waals surface area (Å²) in [5, 5.41) is 23.0. The van der Waals surface area contributed by atoms with Crippen molar-refractivity contribution in [2.24, 2.45) is 34.5 Å². The Hall–Kier alpha value is -0.240. The van der Waals surface area contributed by atoms with Gasteiger partial charge in [0.05, 0.1) is 12.2 Å². The molecule has 6 heteroatoms. The molecule has 0 aromatic carbocycles. The molecule has 0 aromatic rings. The van der Waals surface area contributed by atoms with E-state index in [0.717, 1.165) is 70.6 Å². The quantitative estimate of drug-likeness (QED) is 0.622. The van der Waals surface area contributed by atoms with Crippen LogP contribution < -0.4 is 0 Å². The van der Waals surface area contributed by atoms with Crippen LogP contribution in [0.4, 0.5) is 0 Å². The van der Waals surface area contributed by atoms with Crippen LogP contribution >= 0.6 is 0 Å². The molecule has 0 radical (unpaired) electrons. The molecule has 6 rings (SSSR count). The first kappa shape index (κ1) is 25.1. The lowest BCUT2D eigenvalue weighted by Gasteiger charge is -2.62. The molecule has 35 heavy (non-hydrogen) atoms. The van der Waals surface area contributed by atoms with Crippen LogP contribution in [0.25, 0.3) is 0 Å². The van der Waals surface area contributed by atoms with Gasteiger partial charge >= 0.3 is 0 Å².